The molecule has 0 saturated carbocycles. The van der Waals surface area contributed by atoms with Crippen molar-refractivity contribution in [1.82, 2.24) is 0 Å². The summed E-state index contributed by atoms with van der Waals surface area (Å²) in [5.74, 6) is -2.66. The molecule has 0 aliphatic heterocycles. The number of benzene rings is 2. The van der Waals surface area contributed by atoms with E-state index in [0.29, 0.717) is 18.4 Å². The summed E-state index contributed by atoms with van der Waals surface area (Å²) in [7, 11) is -3.11. The van der Waals surface area contributed by atoms with Crippen molar-refractivity contribution in [1.29, 1.82) is 0 Å². The summed E-state index contributed by atoms with van der Waals surface area (Å²) in [5, 5.41) is 0. The van der Waals surface area contributed by atoms with Gasteiger partial charge >= 0.3 is 10.1 Å². The van der Waals surface area contributed by atoms with Gasteiger partial charge in [0.2, 0.25) is 0 Å². The molecule has 0 amide bonds. The Kier molecular flexibility index (Phi) is 4.41. The summed E-state index contributed by atoms with van der Waals surface area (Å²) < 4.78 is 59.9. The molecule has 116 valence electrons. The van der Waals surface area contributed by atoms with Gasteiger partial charge in [0, 0.05) is 5.56 Å². The molecule has 0 radical (unpaired) electrons. The van der Waals surface area contributed by atoms with E-state index < -0.39 is 26.6 Å². The Hall–Kier alpha value is -2.48. The van der Waals surface area contributed by atoms with Crippen LogP contribution in [0.15, 0.2) is 41.3 Å². The van der Waals surface area contributed by atoms with Crippen LogP contribution in [0.1, 0.15) is 10.4 Å². The van der Waals surface area contributed by atoms with E-state index in [1.165, 1.54) is 25.3 Å². The van der Waals surface area contributed by atoms with Gasteiger partial charge in [-0.15, -0.1) is 0 Å². The Morgan fingerprint density at radius 1 is 1.00 bits per heavy atom. The van der Waals surface area contributed by atoms with Crippen molar-refractivity contribution >= 4 is 16.4 Å². The van der Waals surface area contributed by atoms with Gasteiger partial charge < -0.3 is 8.92 Å². The molecule has 0 unspecified atom stereocenters. The topological polar surface area (TPSA) is 69.7 Å². The molecule has 0 heterocycles. The van der Waals surface area contributed by atoms with Crippen molar-refractivity contribution in [3.8, 4) is 11.5 Å². The highest BCUT2D eigenvalue weighted by Crippen LogP contribution is 2.30. The van der Waals surface area contributed by atoms with Crippen molar-refractivity contribution in [2.45, 2.75) is 4.90 Å². The Balaban J connectivity index is 2.40. The average molecular weight is 328 g/mol. The molecule has 0 bridgehead atoms. The largest absolute Gasteiger partial charge is 0.493 e. The van der Waals surface area contributed by atoms with E-state index in [0.717, 1.165) is 6.07 Å². The number of rotatable bonds is 5. The molecule has 0 atom stereocenters. The molecule has 5 nitrogen and oxygen atoms in total. The Morgan fingerprint density at radius 3 is 2.32 bits per heavy atom. The number of carbonyl (C=O) groups is 1. The normalized spacial score (nSPS) is 11.0. The zero-order valence-electron chi connectivity index (χ0n) is 11.2. The van der Waals surface area contributed by atoms with Gasteiger partial charge in [0.15, 0.2) is 23.1 Å². The van der Waals surface area contributed by atoms with Crippen LogP contribution < -0.4 is 8.92 Å². The highest BCUT2D eigenvalue weighted by molar-refractivity contribution is 7.87. The second kappa shape index (κ2) is 6.10. The number of halogens is 2. The van der Waals surface area contributed by atoms with Crippen LogP contribution in [0.25, 0.3) is 0 Å². The van der Waals surface area contributed by atoms with Crippen LogP contribution in [0, 0.1) is 11.6 Å². The van der Waals surface area contributed by atoms with Crippen LogP contribution in [0.5, 0.6) is 11.5 Å². The monoisotopic (exact) mass is 328 g/mol. The minimum absolute atomic E-state index is 0.00996. The predicted molar refractivity (Wildman–Crippen MR) is 72.6 cm³/mol. The standard InChI is InChI=1S/C14H10F2O5S/c1-20-14-6-9(8-17)2-5-13(14)21-22(18,19)10-3-4-11(15)12(16)7-10/h2-8H,1H3. The van der Waals surface area contributed by atoms with Gasteiger partial charge in [0.1, 0.15) is 11.2 Å². The summed E-state index contributed by atoms with van der Waals surface area (Å²) in [4.78, 5) is 10.1. The Labute approximate surface area is 125 Å². The minimum atomic E-state index is -4.38. The molecule has 22 heavy (non-hydrogen) atoms. The smallest absolute Gasteiger partial charge is 0.339 e. The lowest BCUT2D eigenvalue weighted by molar-refractivity contribution is 0.112. The zero-order chi connectivity index (χ0) is 16.3. The number of ether oxygens (including phenoxy) is 1. The van der Waals surface area contributed by atoms with E-state index in [2.05, 4.69) is 0 Å². The number of hydrogen-bond acceptors (Lipinski definition) is 5. The number of aldehydes is 1. The first-order valence-corrected chi connectivity index (χ1v) is 7.31. The Morgan fingerprint density at radius 2 is 1.73 bits per heavy atom. The summed E-state index contributed by atoms with van der Waals surface area (Å²) in [5.41, 5.74) is 0.259. The van der Waals surface area contributed by atoms with Crippen LogP contribution in [0.2, 0.25) is 0 Å². The van der Waals surface area contributed by atoms with Crippen LogP contribution >= 0.6 is 0 Å². The van der Waals surface area contributed by atoms with E-state index in [1.807, 2.05) is 0 Å². The maximum Gasteiger partial charge on any atom is 0.339 e. The molecule has 2 aromatic carbocycles. The third-order valence-electron chi connectivity index (χ3n) is 2.70. The molecule has 2 aromatic rings. The first-order chi connectivity index (χ1) is 10.4. The lowest BCUT2D eigenvalue weighted by Crippen LogP contribution is -2.11. The second-order valence-corrected chi connectivity index (χ2v) is 5.69. The third-order valence-corrected chi connectivity index (χ3v) is 3.93. The SMILES string of the molecule is COc1cc(C=O)ccc1OS(=O)(=O)c1ccc(F)c(F)c1. The lowest BCUT2D eigenvalue weighted by atomic mass is 10.2. The van der Waals surface area contributed by atoms with Crippen molar-refractivity contribution < 1.29 is 30.9 Å². The first kappa shape index (κ1) is 15.9. The molecule has 0 aliphatic carbocycles. The number of methoxy groups -OCH3 is 1. The highest BCUT2D eigenvalue weighted by atomic mass is 32.2. The first-order valence-electron chi connectivity index (χ1n) is 5.90. The molecule has 2 rings (SSSR count). The Bertz CT molecular complexity index is 818. The van der Waals surface area contributed by atoms with E-state index in [1.54, 1.807) is 0 Å². The number of carbonyl (C=O) groups excluding carboxylic acids is 1. The van der Waals surface area contributed by atoms with Crippen LogP contribution in [0.4, 0.5) is 8.78 Å². The summed E-state index contributed by atoms with van der Waals surface area (Å²) >= 11 is 0. The molecule has 0 saturated heterocycles. The molecule has 0 aromatic heterocycles. The second-order valence-electron chi connectivity index (χ2n) is 4.14. The lowest BCUT2D eigenvalue weighted by Gasteiger charge is -2.11. The van der Waals surface area contributed by atoms with Gasteiger partial charge in [-0.3, -0.25) is 4.79 Å². The van der Waals surface area contributed by atoms with Gasteiger partial charge in [-0.05, 0) is 36.4 Å². The van der Waals surface area contributed by atoms with Crippen LogP contribution in [0.3, 0.4) is 0 Å². The number of hydrogen-bond donors (Lipinski definition) is 0. The van der Waals surface area contributed by atoms with Crippen molar-refractivity contribution in [3.63, 3.8) is 0 Å². The van der Waals surface area contributed by atoms with Gasteiger partial charge in [-0.25, -0.2) is 8.78 Å². The van der Waals surface area contributed by atoms with Crippen molar-refractivity contribution in [3.05, 3.63) is 53.6 Å². The third kappa shape index (κ3) is 3.22. The van der Waals surface area contributed by atoms with Crippen LogP contribution in [-0.2, 0) is 10.1 Å². The molecular weight excluding hydrogens is 318 g/mol. The quantitative estimate of drug-likeness (QED) is 0.623. The van der Waals surface area contributed by atoms with Crippen molar-refractivity contribution in [2.75, 3.05) is 7.11 Å². The molecule has 8 heteroatoms. The molecule has 0 aliphatic rings. The predicted octanol–water partition coefficient (Wildman–Crippen LogP) is 2.55. The summed E-state index contributed by atoms with van der Waals surface area (Å²) in [6.45, 7) is 0. The van der Waals surface area contributed by atoms with Crippen molar-refractivity contribution in [2.24, 2.45) is 0 Å². The van der Waals surface area contributed by atoms with E-state index in [9.17, 15) is 22.0 Å². The van der Waals surface area contributed by atoms with Gasteiger partial charge in [-0.2, -0.15) is 8.42 Å². The average Bonchev–Trinajstić information content (AvgIpc) is 2.50. The maximum absolute atomic E-state index is 13.1. The zero-order valence-corrected chi connectivity index (χ0v) is 12.1. The molecule has 0 fully saturated rings. The summed E-state index contributed by atoms with van der Waals surface area (Å²) in [6, 6.07) is 5.89. The van der Waals surface area contributed by atoms with E-state index in [-0.39, 0.29) is 17.1 Å². The van der Waals surface area contributed by atoms with Gasteiger partial charge in [0.05, 0.1) is 7.11 Å². The van der Waals surface area contributed by atoms with E-state index >= 15 is 0 Å². The highest BCUT2D eigenvalue weighted by Gasteiger charge is 2.21. The van der Waals surface area contributed by atoms with Gasteiger partial charge in [-0.1, -0.05) is 0 Å². The molecular formula is C14H10F2O5S. The van der Waals surface area contributed by atoms with E-state index in [4.69, 9.17) is 8.92 Å². The molecule has 0 N–H and O–H groups in total. The van der Waals surface area contributed by atoms with Crippen LogP contribution in [-0.4, -0.2) is 21.8 Å². The fourth-order valence-electron chi connectivity index (χ4n) is 1.62. The maximum atomic E-state index is 13.1. The fraction of sp³-hybridized carbons (Fsp3) is 0.0714. The van der Waals surface area contributed by atoms with Gasteiger partial charge in [0.25, 0.3) is 0 Å². The summed E-state index contributed by atoms with van der Waals surface area (Å²) in [6.07, 6.45) is 0.552. The fourth-order valence-corrected chi connectivity index (χ4v) is 2.58. The minimum Gasteiger partial charge on any atom is -0.493 e. The molecule has 0 spiro atoms.